The lowest BCUT2D eigenvalue weighted by atomic mass is 9.85. The van der Waals surface area contributed by atoms with E-state index in [0.717, 1.165) is 20.3 Å². The fraction of sp³-hybridized carbons (Fsp3) is 0.250. The number of benzene rings is 1. The van der Waals surface area contributed by atoms with Crippen LogP contribution in [0.2, 0.25) is 0 Å². The molecule has 0 saturated carbocycles. The van der Waals surface area contributed by atoms with Crippen molar-refractivity contribution in [2.75, 3.05) is 0 Å². The Morgan fingerprint density at radius 3 is 2.76 bits per heavy atom. The minimum atomic E-state index is -1.12. The molecule has 108 valence electrons. The molecule has 0 aliphatic rings. The highest BCUT2D eigenvalue weighted by atomic mass is 79.9. The Labute approximate surface area is 135 Å². The standard InChI is InChI=1S/C16H15BrN2OS/c1-10(2)16(20,11-4-3-7-18-9-11)15-19-13-8-12(17)5-6-14(13)21-15/h3-10,20H,1-2H3. The van der Waals surface area contributed by atoms with Crippen LogP contribution in [0, 0.1) is 5.92 Å². The number of nitrogens with zero attached hydrogens (tertiary/aromatic N) is 2. The van der Waals surface area contributed by atoms with E-state index in [1.807, 2.05) is 44.2 Å². The zero-order valence-corrected chi connectivity index (χ0v) is 14.1. The van der Waals surface area contributed by atoms with Gasteiger partial charge in [-0.05, 0) is 30.2 Å². The summed E-state index contributed by atoms with van der Waals surface area (Å²) in [5.74, 6) is -0.00861. The summed E-state index contributed by atoms with van der Waals surface area (Å²) in [6.45, 7) is 3.99. The summed E-state index contributed by atoms with van der Waals surface area (Å²) in [7, 11) is 0. The summed E-state index contributed by atoms with van der Waals surface area (Å²) in [6, 6.07) is 9.72. The minimum absolute atomic E-state index is 0.00861. The lowest BCUT2D eigenvalue weighted by molar-refractivity contribution is 0.0314. The molecule has 1 aromatic carbocycles. The van der Waals surface area contributed by atoms with Gasteiger partial charge in [-0.3, -0.25) is 4.98 Å². The second-order valence-electron chi connectivity index (χ2n) is 5.29. The first-order valence-electron chi connectivity index (χ1n) is 6.71. The second-order valence-corrected chi connectivity index (χ2v) is 7.24. The van der Waals surface area contributed by atoms with Crippen LogP contribution in [0.4, 0.5) is 0 Å². The van der Waals surface area contributed by atoms with Crippen LogP contribution < -0.4 is 0 Å². The van der Waals surface area contributed by atoms with Crippen LogP contribution in [0.1, 0.15) is 24.4 Å². The molecule has 3 nitrogen and oxygen atoms in total. The highest BCUT2D eigenvalue weighted by Crippen LogP contribution is 2.40. The van der Waals surface area contributed by atoms with Crippen LogP contribution in [0.3, 0.4) is 0 Å². The monoisotopic (exact) mass is 362 g/mol. The molecule has 2 heterocycles. The van der Waals surface area contributed by atoms with Gasteiger partial charge in [0, 0.05) is 22.4 Å². The summed E-state index contributed by atoms with van der Waals surface area (Å²) in [5, 5.41) is 12.0. The molecule has 0 bridgehead atoms. The SMILES string of the molecule is CC(C)C(O)(c1cccnc1)c1nc2cc(Br)ccc2s1. The molecule has 5 heteroatoms. The van der Waals surface area contributed by atoms with Crippen LogP contribution in [-0.2, 0) is 5.60 Å². The van der Waals surface area contributed by atoms with Gasteiger partial charge in [-0.25, -0.2) is 4.98 Å². The van der Waals surface area contributed by atoms with Gasteiger partial charge in [0.15, 0.2) is 0 Å². The van der Waals surface area contributed by atoms with Crippen molar-refractivity contribution in [1.29, 1.82) is 0 Å². The smallest absolute Gasteiger partial charge is 0.145 e. The maximum absolute atomic E-state index is 11.3. The van der Waals surface area contributed by atoms with E-state index in [4.69, 9.17) is 0 Å². The molecule has 0 fully saturated rings. The van der Waals surface area contributed by atoms with Gasteiger partial charge in [0.05, 0.1) is 10.2 Å². The van der Waals surface area contributed by atoms with Gasteiger partial charge in [0.1, 0.15) is 10.6 Å². The molecular weight excluding hydrogens is 348 g/mol. The first-order valence-corrected chi connectivity index (χ1v) is 8.32. The Morgan fingerprint density at radius 1 is 1.29 bits per heavy atom. The molecule has 0 amide bonds. The summed E-state index contributed by atoms with van der Waals surface area (Å²) >= 11 is 4.98. The van der Waals surface area contributed by atoms with E-state index in [0.29, 0.717) is 5.01 Å². The predicted molar refractivity (Wildman–Crippen MR) is 89.4 cm³/mol. The number of aliphatic hydroxyl groups is 1. The van der Waals surface area contributed by atoms with E-state index in [9.17, 15) is 5.11 Å². The van der Waals surface area contributed by atoms with Gasteiger partial charge in [-0.2, -0.15) is 0 Å². The van der Waals surface area contributed by atoms with Crippen molar-refractivity contribution in [2.45, 2.75) is 19.4 Å². The van der Waals surface area contributed by atoms with Crippen molar-refractivity contribution < 1.29 is 5.11 Å². The van der Waals surface area contributed by atoms with E-state index < -0.39 is 5.60 Å². The number of hydrogen-bond acceptors (Lipinski definition) is 4. The van der Waals surface area contributed by atoms with Gasteiger partial charge >= 0.3 is 0 Å². The molecule has 0 spiro atoms. The number of halogens is 1. The molecular formula is C16H15BrN2OS. The van der Waals surface area contributed by atoms with Crippen LogP contribution in [-0.4, -0.2) is 15.1 Å². The Morgan fingerprint density at radius 2 is 2.10 bits per heavy atom. The quantitative estimate of drug-likeness (QED) is 0.753. The lowest BCUT2D eigenvalue weighted by Crippen LogP contribution is -2.33. The maximum atomic E-state index is 11.3. The number of hydrogen-bond donors (Lipinski definition) is 1. The number of aromatic nitrogens is 2. The molecule has 0 aliphatic heterocycles. The van der Waals surface area contributed by atoms with Gasteiger partial charge in [0.25, 0.3) is 0 Å². The van der Waals surface area contributed by atoms with Crippen molar-refractivity contribution in [2.24, 2.45) is 5.92 Å². The molecule has 21 heavy (non-hydrogen) atoms. The molecule has 1 unspecified atom stereocenters. The number of rotatable bonds is 3. The fourth-order valence-electron chi connectivity index (χ4n) is 2.36. The van der Waals surface area contributed by atoms with Crippen LogP contribution in [0.25, 0.3) is 10.2 Å². The Kier molecular flexibility index (Phi) is 3.82. The Bertz CT molecular complexity index is 772. The minimum Gasteiger partial charge on any atom is -0.378 e. The normalized spacial score (nSPS) is 14.5. The third kappa shape index (κ3) is 2.50. The highest BCUT2D eigenvalue weighted by Gasteiger charge is 2.38. The summed E-state index contributed by atoms with van der Waals surface area (Å²) in [5.41, 5.74) is 0.551. The van der Waals surface area contributed by atoms with Gasteiger partial charge in [-0.15, -0.1) is 11.3 Å². The number of fused-ring (bicyclic) bond motifs is 1. The van der Waals surface area contributed by atoms with Crippen LogP contribution in [0.15, 0.2) is 47.2 Å². The largest absolute Gasteiger partial charge is 0.378 e. The molecule has 2 aromatic heterocycles. The summed E-state index contributed by atoms with van der Waals surface area (Å²) < 4.78 is 2.05. The van der Waals surface area contributed by atoms with Crippen molar-refractivity contribution >= 4 is 37.5 Å². The van der Waals surface area contributed by atoms with E-state index in [2.05, 4.69) is 25.9 Å². The molecule has 0 aliphatic carbocycles. The topological polar surface area (TPSA) is 46.0 Å². The summed E-state index contributed by atoms with van der Waals surface area (Å²) in [6.07, 6.45) is 3.42. The van der Waals surface area contributed by atoms with E-state index in [-0.39, 0.29) is 5.92 Å². The van der Waals surface area contributed by atoms with Crippen molar-refractivity contribution in [3.05, 3.63) is 57.8 Å². The summed E-state index contributed by atoms with van der Waals surface area (Å²) in [4.78, 5) is 8.79. The van der Waals surface area contributed by atoms with Gasteiger partial charge in [0.2, 0.25) is 0 Å². The van der Waals surface area contributed by atoms with Crippen LogP contribution >= 0.6 is 27.3 Å². The fourth-order valence-corrected chi connectivity index (χ4v) is 3.91. The highest BCUT2D eigenvalue weighted by molar-refractivity contribution is 9.10. The second kappa shape index (κ2) is 5.48. The lowest BCUT2D eigenvalue weighted by Gasteiger charge is -2.30. The molecule has 1 N–H and O–H groups in total. The predicted octanol–water partition coefficient (Wildman–Crippen LogP) is 4.35. The third-order valence-electron chi connectivity index (χ3n) is 3.61. The van der Waals surface area contributed by atoms with Crippen molar-refractivity contribution in [3.8, 4) is 0 Å². The molecule has 1 atom stereocenters. The molecule has 3 rings (SSSR count). The van der Waals surface area contributed by atoms with Gasteiger partial charge < -0.3 is 5.11 Å². The van der Waals surface area contributed by atoms with E-state index >= 15 is 0 Å². The average molecular weight is 363 g/mol. The van der Waals surface area contributed by atoms with Crippen LogP contribution in [0.5, 0.6) is 0 Å². The first kappa shape index (κ1) is 14.6. The van der Waals surface area contributed by atoms with Gasteiger partial charge in [-0.1, -0.05) is 35.8 Å². The van der Waals surface area contributed by atoms with E-state index in [1.54, 1.807) is 12.4 Å². The maximum Gasteiger partial charge on any atom is 0.145 e. The Hall–Kier alpha value is -1.30. The molecule has 0 saturated heterocycles. The number of pyridine rings is 1. The van der Waals surface area contributed by atoms with E-state index in [1.165, 1.54) is 11.3 Å². The zero-order valence-electron chi connectivity index (χ0n) is 11.7. The zero-order chi connectivity index (χ0) is 15.0. The Balaban J connectivity index is 2.20. The molecule has 0 radical (unpaired) electrons. The average Bonchev–Trinajstić information content (AvgIpc) is 2.90. The van der Waals surface area contributed by atoms with Crippen molar-refractivity contribution in [1.82, 2.24) is 9.97 Å². The number of thiazole rings is 1. The van der Waals surface area contributed by atoms with Crippen molar-refractivity contribution in [3.63, 3.8) is 0 Å². The third-order valence-corrected chi connectivity index (χ3v) is 5.27. The first-order chi connectivity index (χ1) is 10.0. The molecule has 3 aromatic rings.